The molecule has 1 N–H and O–H groups in total. The average molecular weight is 412 g/mol. The maximum Gasteiger partial charge on any atom is 0.276 e. The summed E-state index contributed by atoms with van der Waals surface area (Å²) in [7, 11) is -4.00. The molecule has 0 amide bonds. The van der Waals surface area contributed by atoms with Crippen molar-refractivity contribution in [2.24, 2.45) is 5.10 Å². The molecule has 0 spiro atoms. The first-order valence-corrected chi connectivity index (χ1v) is 9.05. The summed E-state index contributed by atoms with van der Waals surface area (Å²) in [5, 5.41) is 14.8. The monoisotopic (exact) mass is 411 g/mol. The first-order chi connectivity index (χ1) is 11.2. The average Bonchev–Trinajstić information content (AvgIpc) is 2.53. The van der Waals surface area contributed by atoms with Gasteiger partial charge in [0.15, 0.2) is 0 Å². The van der Waals surface area contributed by atoms with Gasteiger partial charge in [-0.2, -0.15) is 18.4 Å². The maximum absolute atomic E-state index is 12.3. The molecular formula is C15H14BrN3O4S. The zero-order valence-corrected chi connectivity index (χ0v) is 15.3. The first kappa shape index (κ1) is 18.1. The molecule has 0 aliphatic heterocycles. The molecule has 0 bridgehead atoms. The molecule has 0 radical (unpaired) electrons. The SMILES string of the molecule is C/C(=N/NS(=O)(=O)c1ccc(C)c([N+](=O)[O-])c1)c1ccc(Br)cc1. The van der Waals surface area contributed by atoms with Crippen LogP contribution in [0.15, 0.2) is 56.9 Å². The molecule has 2 aromatic rings. The molecule has 0 unspecified atom stereocenters. The standard InChI is InChI=1S/C15H14BrN3O4S/c1-10-3-8-14(9-15(10)19(20)21)24(22,23)18-17-11(2)12-4-6-13(16)7-5-12/h3-9,18H,1-2H3/b17-11-. The van der Waals surface area contributed by atoms with Crippen LogP contribution in [0.5, 0.6) is 0 Å². The predicted octanol–water partition coefficient (Wildman–Crippen LogP) is 3.37. The Morgan fingerprint density at radius 1 is 1.21 bits per heavy atom. The molecule has 9 heteroatoms. The molecular weight excluding hydrogens is 398 g/mol. The highest BCUT2D eigenvalue weighted by atomic mass is 79.9. The van der Waals surface area contributed by atoms with Crippen molar-refractivity contribution in [3.05, 3.63) is 68.2 Å². The lowest BCUT2D eigenvalue weighted by Crippen LogP contribution is -2.20. The van der Waals surface area contributed by atoms with Gasteiger partial charge >= 0.3 is 0 Å². The lowest BCUT2D eigenvalue weighted by Gasteiger charge is -2.06. The van der Waals surface area contributed by atoms with E-state index in [0.29, 0.717) is 11.3 Å². The fourth-order valence-electron chi connectivity index (χ4n) is 1.89. The Labute approximate surface area is 147 Å². The van der Waals surface area contributed by atoms with E-state index in [9.17, 15) is 18.5 Å². The van der Waals surface area contributed by atoms with Crippen molar-refractivity contribution in [3.63, 3.8) is 0 Å². The summed E-state index contributed by atoms with van der Waals surface area (Å²) < 4.78 is 25.4. The van der Waals surface area contributed by atoms with Crippen LogP contribution < -0.4 is 4.83 Å². The lowest BCUT2D eigenvalue weighted by molar-refractivity contribution is -0.385. The van der Waals surface area contributed by atoms with Gasteiger partial charge in [-0.15, -0.1) is 0 Å². The van der Waals surface area contributed by atoms with Gasteiger partial charge in [0.05, 0.1) is 15.5 Å². The van der Waals surface area contributed by atoms with E-state index in [1.807, 2.05) is 12.1 Å². The lowest BCUT2D eigenvalue weighted by atomic mass is 10.1. The molecule has 2 aromatic carbocycles. The summed E-state index contributed by atoms with van der Waals surface area (Å²) in [6.45, 7) is 3.20. The summed E-state index contributed by atoms with van der Waals surface area (Å²) in [5.74, 6) is 0. The Morgan fingerprint density at radius 3 is 2.42 bits per heavy atom. The van der Waals surface area contributed by atoms with Gasteiger partial charge in [-0.25, -0.2) is 0 Å². The summed E-state index contributed by atoms with van der Waals surface area (Å²) in [5.41, 5.74) is 1.34. The van der Waals surface area contributed by atoms with Crippen molar-refractivity contribution >= 4 is 37.4 Å². The molecule has 0 atom stereocenters. The quantitative estimate of drug-likeness (QED) is 0.462. The number of nitro groups is 1. The van der Waals surface area contributed by atoms with Gasteiger partial charge in [0.25, 0.3) is 15.7 Å². The first-order valence-electron chi connectivity index (χ1n) is 6.78. The molecule has 0 saturated carbocycles. The molecule has 7 nitrogen and oxygen atoms in total. The van der Waals surface area contributed by atoms with Gasteiger partial charge in [0.1, 0.15) is 0 Å². The molecule has 24 heavy (non-hydrogen) atoms. The van der Waals surface area contributed by atoms with Crippen LogP contribution in [0, 0.1) is 17.0 Å². The Kier molecular flexibility index (Phi) is 5.35. The fraction of sp³-hybridized carbons (Fsp3) is 0.133. The zero-order valence-electron chi connectivity index (χ0n) is 12.9. The molecule has 2 rings (SSSR count). The van der Waals surface area contributed by atoms with Crippen molar-refractivity contribution in [2.75, 3.05) is 0 Å². The maximum atomic E-state index is 12.3. The van der Waals surface area contributed by atoms with E-state index in [1.54, 1.807) is 19.1 Å². The van der Waals surface area contributed by atoms with E-state index >= 15 is 0 Å². The predicted molar refractivity (Wildman–Crippen MR) is 94.5 cm³/mol. The minimum Gasteiger partial charge on any atom is -0.258 e. The Hall–Kier alpha value is -2.26. The fourth-order valence-corrected chi connectivity index (χ4v) is 3.03. The highest BCUT2D eigenvalue weighted by Gasteiger charge is 2.19. The number of hydrazone groups is 1. The van der Waals surface area contributed by atoms with Gasteiger partial charge < -0.3 is 0 Å². The number of hydrogen-bond donors (Lipinski definition) is 1. The number of halogens is 1. The Bertz CT molecular complexity index is 909. The molecule has 0 aliphatic carbocycles. The summed E-state index contributed by atoms with van der Waals surface area (Å²) in [4.78, 5) is 12.2. The smallest absolute Gasteiger partial charge is 0.258 e. The normalized spacial score (nSPS) is 12.0. The van der Waals surface area contributed by atoms with Crippen LogP contribution in [0.1, 0.15) is 18.1 Å². The second-order valence-electron chi connectivity index (χ2n) is 5.00. The van der Waals surface area contributed by atoms with Crippen molar-refractivity contribution < 1.29 is 13.3 Å². The van der Waals surface area contributed by atoms with Gasteiger partial charge in [-0.05, 0) is 37.6 Å². The van der Waals surface area contributed by atoms with Crippen molar-refractivity contribution in [3.8, 4) is 0 Å². The number of aryl methyl sites for hydroxylation is 1. The van der Waals surface area contributed by atoms with Crippen molar-refractivity contribution in [1.82, 2.24) is 4.83 Å². The third-order valence-electron chi connectivity index (χ3n) is 3.28. The topological polar surface area (TPSA) is 102 Å². The van der Waals surface area contributed by atoms with E-state index in [4.69, 9.17) is 0 Å². The van der Waals surface area contributed by atoms with Crippen LogP contribution in [0.3, 0.4) is 0 Å². The second-order valence-corrected chi connectivity index (χ2v) is 7.58. The molecule has 0 heterocycles. The van der Waals surface area contributed by atoms with Crippen LogP contribution in [0.2, 0.25) is 0 Å². The summed E-state index contributed by atoms with van der Waals surface area (Å²) in [6.07, 6.45) is 0. The molecule has 0 saturated heterocycles. The third-order valence-corrected chi connectivity index (χ3v) is 5.02. The molecule has 0 fully saturated rings. The highest BCUT2D eigenvalue weighted by molar-refractivity contribution is 9.10. The number of nitrogens with one attached hydrogen (secondary N) is 1. The van der Waals surface area contributed by atoms with Gasteiger partial charge in [-0.3, -0.25) is 10.1 Å². The second kappa shape index (κ2) is 7.10. The van der Waals surface area contributed by atoms with Crippen molar-refractivity contribution in [1.29, 1.82) is 0 Å². The van der Waals surface area contributed by atoms with Crippen LogP contribution in [0.4, 0.5) is 5.69 Å². The number of sulfonamides is 1. The number of hydrogen-bond acceptors (Lipinski definition) is 5. The van der Waals surface area contributed by atoms with E-state index in [0.717, 1.165) is 16.1 Å². The number of nitrogens with zero attached hydrogens (tertiary/aromatic N) is 2. The van der Waals surface area contributed by atoms with Crippen LogP contribution in [-0.2, 0) is 10.0 Å². The van der Waals surface area contributed by atoms with Crippen LogP contribution in [0.25, 0.3) is 0 Å². The van der Waals surface area contributed by atoms with Crippen LogP contribution in [-0.4, -0.2) is 19.1 Å². The Morgan fingerprint density at radius 2 is 1.83 bits per heavy atom. The number of rotatable bonds is 5. The Balaban J connectivity index is 2.28. The van der Waals surface area contributed by atoms with Gasteiger partial charge in [0.2, 0.25) is 0 Å². The largest absolute Gasteiger partial charge is 0.276 e. The molecule has 0 aliphatic rings. The van der Waals surface area contributed by atoms with E-state index in [2.05, 4.69) is 25.9 Å². The minimum absolute atomic E-state index is 0.216. The minimum atomic E-state index is -4.00. The van der Waals surface area contributed by atoms with Gasteiger partial charge in [-0.1, -0.05) is 34.1 Å². The molecule has 126 valence electrons. The van der Waals surface area contributed by atoms with Crippen LogP contribution >= 0.6 is 15.9 Å². The highest BCUT2D eigenvalue weighted by Crippen LogP contribution is 2.22. The van der Waals surface area contributed by atoms with E-state index < -0.39 is 14.9 Å². The number of nitro benzene ring substituents is 1. The zero-order chi connectivity index (χ0) is 17.9. The third kappa shape index (κ3) is 4.18. The molecule has 0 aromatic heterocycles. The summed E-state index contributed by atoms with van der Waals surface area (Å²) >= 11 is 3.31. The number of benzene rings is 2. The van der Waals surface area contributed by atoms with E-state index in [1.165, 1.54) is 19.1 Å². The van der Waals surface area contributed by atoms with Crippen molar-refractivity contribution in [2.45, 2.75) is 18.7 Å². The summed E-state index contributed by atoms with van der Waals surface area (Å²) in [6, 6.07) is 10.9. The van der Waals surface area contributed by atoms with Gasteiger partial charge in [0, 0.05) is 16.1 Å². The van der Waals surface area contributed by atoms with E-state index in [-0.39, 0.29) is 10.6 Å².